The van der Waals surface area contributed by atoms with Crippen LogP contribution in [0.3, 0.4) is 0 Å². The van der Waals surface area contributed by atoms with E-state index in [0.717, 1.165) is 5.56 Å². The highest BCUT2D eigenvalue weighted by molar-refractivity contribution is 5.76. The molecule has 0 bridgehead atoms. The fourth-order valence-electron chi connectivity index (χ4n) is 1.77. The summed E-state index contributed by atoms with van der Waals surface area (Å²) in [4.78, 5) is 11.7. The van der Waals surface area contributed by atoms with E-state index in [0.29, 0.717) is 31.2 Å². The van der Waals surface area contributed by atoms with E-state index < -0.39 is 0 Å². The van der Waals surface area contributed by atoms with Crippen LogP contribution in [0.5, 0.6) is 0 Å². The van der Waals surface area contributed by atoms with Crippen molar-refractivity contribution in [2.24, 2.45) is 0 Å². The molecule has 1 heterocycles. The lowest BCUT2D eigenvalue weighted by atomic mass is 10.1. The molecule has 2 rings (SSSR count). The topological polar surface area (TPSA) is 68.0 Å². The summed E-state index contributed by atoms with van der Waals surface area (Å²) in [5.74, 6) is 1.01. The smallest absolute Gasteiger partial charge is 0.220 e. The molecule has 0 spiro atoms. The highest BCUT2D eigenvalue weighted by Gasteiger charge is 2.06. The maximum atomic E-state index is 11.7. The number of nitrogens with zero attached hydrogens (tertiary/aromatic N) is 2. The van der Waals surface area contributed by atoms with Crippen molar-refractivity contribution in [3.05, 3.63) is 47.2 Å². The first-order valence-corrected chi connectivity index (χ1v) is 6.25. The van der Waals surface area contributed by atoms with Crippen molar-refractivity contribution in [2.75, 3.05) is 0 Å². The molecule has 100 valence electrons. The van der Waals surface area contributed by atoms with Gasteiger partial charge in [-0.15, -0.1) is 10.2 Å². The van der Waals surface area contributed by atoms with E-state index in [1.54, 1.807) is 6.92 Å². The third-order valence-corrected chi connectivity index (χ3v) is 2.71. The molecule has 0 radical (unpaired) electrons. The van der Waals surface area contributed by atoms with Crippen LogP contribution in [0.25, 0.3) is 0 Å². The standard InChI is InChI=1S/C14H17N3O2/c1-10-4-3-5-12(8-10)9-15-13(18)6-7-14-17-16-11(2)19-14/h3-5,8H,6-7,9H2,1-2H3,(H,15,18). The zero-order chi connectivity index (χ0) is 13.7. The molecule has 1 N–H and O–H groups in total. The summed E-state index contributed by atoms with van der Waals surface area (Å²) in [6, 6.07) is 8.07. The number of hydrogen-bond donors (Lipinski definition) is 1. The Balaban J connectivity index is 1.75. The molecule has 0 saturated heterocycles. The highest BCUT2D eigenvalue weighted by Crippen LogP contribution is 2.04. The van der Waals surface area contributed by atoms with E-state index in [2.05, 4.69) is 21.6 Å². The number of aromatic nitrogens is 2. The van der Waals surface area contributed by atoms with E-state index in [1.165, 1.54) is 5.56 Å². The molecular formula is C14H17N3O2. The van der Waals surface area contributed by atoms with Crippen LogP contribution in [-0.2, 0) is 17.8 Å². The molecule has 0 aliphatic carbocycles. The van der Waals surface area contributed by atoms with Gasteiger partial charge in [-0.25, -0.2) is 0 Å². The van der Waals surface area contributed by atoms with E-state index in [1.807, 2.05) is 25.1 Å². The molecule has 0 aliphatic heterocycles. The van der Waals surface area contributed by atoms with E-state index in [-0.39, 0.29) is 5.91 Å². The molecule has 0 fully saturated rings. The van der Waals surface area contributed by atoms with Crippen molar-refractivity contribution in [1.29, 1.82) is 0 Å². The number of aryl methyl sites for hydroxylation is 3. The molecule has 1 aromatic heterocycles. The van der Waals surface area contributed by atoms with Crippen LogP contribution in [0.4, 0.5) is 0 Å². The summed E-state index contributed by atoms with van der Waals surface area (Å²) in [5.41, 5.74) is 2.29. The summed E-state index contributed by atoms with van der Waals surface area (Å²) in [6.07, 6.45) is 0.827. The molecule has 0 saturated carbocycles. The van der Waals surface area contributed by atoms with Gasteiger partial charge in [0, 0.05) is 26.3 Å². The Hall–Kier alpha value is -2.17. The molecule has 1 aromatic carbocycles. The van der Waals surface area contributed by atoms with Gasteiger partial charge in [0.1, 0.15) is 0 Å². The SMILES string of the molecule is Cc1cccc(CNC(=O)CCc2nnc(C)o2)c1. The Labute approximate surface area is 112 Å². The molecule has 2 aromatic rings. The van der Waals surface area contributed by atoms with Gasteiger partial charge in [0.25, 0.3) is 0 Å². The predicted octanol–water partition coefficient (Wildman–Crippen LogP) is 1.94. The molecule has 5 nitrogen and oxygen atoms in total. The summed E-state index contributed by atoms with van der Waals surface area (Å²) in [5, 5.41) is 10.4. The van der Waals surface area contributed by atoms with Gasteiger partial charge in [0.05, 0.1) is 0 Å². The predicted molar refractivity (Wildman–Crippen MR) is 70.4 cm³/mol. The summed E-state index contributed by atoms with van der Waals surface area (Å²) in [7, 11) is 0. The zero-order valence-corrected chi connectivity index (χ0v) is 11.1. The quantitative estimate of drug-likeness (QED) is 0.891. The molecule has 19 heavy (non-hydrogen) atoms. The zero-order valence-electron chi connectivity index (χ0n) is 11.1. The van der Waals surface area contributed by atoms with Crippen LogP contribution >= 0.6 is 0 Å². The van der Waals surface area contributed by atoms with Crippen molar-refractivity contribution >= 4 is 5.91 Å². The Morgan fingerprint density at radius 2 is 2.16 bits per heavy atom. The number of benzene rings is 1. The summed E-state index contributed by atoms with van der Waals surface area (Å²) >= 11 is 0. The second kappa shape index (κ2) is 6.13. The van der Waals surface area contributed by atoms with Crippen molar-refractivity contribution in [2.45, 2.75) is 33.2 Å². The minimum atomic E-state index is -0.0163. The number of nitrogens with one attached hydrogen (secondary N) is 1. The van der Waals surface area contributed by atoms with Gasteiger partial charge in [-0.05, 0) is 12.5 Å². The van der Waals surface area contributed by atoms with Gasteiger partial charge in [0.2, 0.25) is 17.7 Å². The first kappa shape index (κ1) is 13.3. The first-order valence-electron chi connectivity index (χ1n) is 6.25. The Morgan fingerprint density at radius 1 is 1.32 bits per heavy atom. The summed E-state index contributed by atoms with van der Waals surface area (Å²) in [6.45, 7) is 4.31. The van der Waals surface area contributed by atoms with Crippen LogP contribution in [0, 0.1) is 13.8 Å². The van der Waals surface area contributed by atoms with Crippen molar-refractivity contribution in [3.8, 4) is 0 Å². The summed E-state index contributed by atoms with van der Waals surface area (Å²) < 4.78 is 5.21. The Morgan fingerprint density at radius 3 is 2.84 bits per heavy atom. The van der Waals surface area contributed by atoms with Crippen LogP contribution < -0.4 is 5.32 Å². The lowest BCUT2D eigenvalue weighted by Crippen LogP contribution is -2.23. The third kappa shape index (κ3) is 4.21. The molecular weight excluding hydrogens is 242 g/mol. The molecule has 0 aliphatic rings. The van der Waals surface area contributed by atoms with Gasteiger partial charge < -0.3 is 9.73 Å². The van der Waals surface area contributed by atoms with Gasteiger partial charge in [0.15, 0.2) is 0 Å². The first-order chi connectivity index (χ1) is 9.13. The van der Waals surface area contributed by atoms with Crippen LogP contribution in [0.15, 0.2) is 28.7 Å². The van der Waals surface area contributed by atoms with E-state index >= 15 is 0 Å². The number of hydrogen-bond acceptors (Lipinski definition) is 4. The second-order valence-corrected chi connectivity index (χ2v) is 4.48. The van der Waals surface area contributed by atoms with Crippen molar-refractivity contribution in [1.82, 2.24) is 15.5 Å². The second-order valence-electron chi connectivity index (χ2n) is 4.48. The maximum Gasteiger partial charge on any atom is 0.220 e. The molecule has 5 heteroatoms. The lowest BCUT2D eigenvalue weighted by Gasteiger charge is -2.05. The highest BCUT2D eigenvalue weighted by atomic mass is 16.4. The van der Waals surface area contributed by atoms with Crippen molar-refractivity contribution in [3.63, 3.8) is 0 Å². The van der Waals surface area contributed by atoms with Crippen LogP contribution in [-0.4, -0.2) is 16.1 Å². The number of rotatable bonds is 5. The Bertz CT molecular complexity index is 563. The van der Waals surface area contributed by atoms with Crippen LogP contribution in [0.1, 0.15) is 29.3 Å². The maximum absolute atomic E-state index is 11.7. The number of carbonyl (C=O) groups excluding carboxylic acids is 1. The van der Waals surface area contributed by atoms with Gasteiger partial charge >= 0.3 is 0 Å². The molecule has 1 amide bonds. The number of carbonyl (C=O) groups is 1. The minimum Gasteiger partial charge on any atom is -0.426 e. The fourth-order valence-corrected chi connectivity index (χ4v) is 1.77. The minimum absolute atomic E-state index is 0.0163. The number of amides is 1. The lowest BCUT2D eigenvalue weighted by molar-refractivity contribution is -0.121. The van der Waals surface area contributed by atoms with E-state index in [4.69, 9.17) is 4.42 Å². The van der Waals surface area contributed by atoms with Gasteiger partial charge in [-0.2, -0.15) is 0 Å². The van der Waals surface area contributed by atoms with Crippen molar-refractivity contribution < 1.29 is 9.21 Å². The largest absolute Gasteiger partial charge is 0.426 e. The molecule has 0 atom stereocenters. The Kier molecular flexibility index (Phi) is 4.28. The van der Waals surface area contributed by atoms with Crippen LogP contribution in [0.2, 0.25) is 0 Å². The van der Waals surface area contributed by atoms with Gasteiger partial charge in [-0.3, -0.25) is 4.79 Å². The fraction of sp³-hybridized carbons (Fsp3) is 0.357. The molecule has 0 unspecified atom stereocenters. The normalized spacial score (nSPS) is 10.4. The average Bonchev–Trinajstić information content (AvgIpc) is 2.80. The van der Waals surface area contributed by atoms with E-state index in [9.17, 15) is 4.79 Å². The monoisotopic (exact) mass is 259 g/mol. The third-order valence-electron chi connectivity index (χ3n) is 2.71. The average molecular weight is 259 g/mol. The van der Waals surface area contributed by atoms with Gasteiger partial charge in [-0.1, -0.05) is 29.8 Å².